The number of hydrogen-bond acceptors (Lipinski definition) is 6. The molecule has 2 heterocycles. The van der Waals surface area contributed by atoms with Crippen LogP contribution in [0, 0.1) is 5.92 Å². The highest BCUT2D eigenvalue weighted by Crippen LogP contribution is 2.34. The number of sulfonamides is 1. The molecule has 168 valence electrons. The van der Waals surface area contributed by atoms with Crippen molar-refractivity contribution in [3.63, 3.8) is 0 Å². The van der Waals surface area contributed by atoms with Crippen LogP contribution in [0.4, 0.5) is 5.82 Å². The maximum atomic E-state index is 11.9. The summed E-state index contributed by atoms with van der Waals surface area (Å²) in [5, 5.41) is 0. The Bertz CT molecular complexity index is 918. The first-order valence-electron chi connectivity index (χ1n) is 11.1. The number of nitrogens with one attached hydrogen (secondary N) is 1. The van der Waals surface area contributed by atoms with Crippen LogP contribution >= 0.6 is 0 Å². The summed E-state index contributed by atoms with van der Waals surface area (Å²) in [5.74, 6) is 1.56. The van der Waals surface area contributed by atoms with E-state index in [2.05, 4.69) is 49.9 Å². The average Bonchev–Trinajstić information content (AvgIpc) is 2.79. The van der Waals surface area contributed by atoms with Crippen molar-refractivity contribution in [1.29, 1.82) is 0 Å². The third kappa shape index (κ3) is 6.24. The van der Waals surface area contributed by atoms with E-state index in [1.165, 1.54) is 11.8 Å². The van der Waals surface area contributed by atoms with E-state index in [0.717, 1.165) is 44.5 Å². The van der Waals surface area contributed by atoms with Crippen molar-refractivity contribution in [1.82, 2.24) is 14.7 Å². The molecule has 31 heavy (non-hydrogen) atoms. The SMILES string of the molecule is CS(=O)(=O)N[C@H]1CCN(c2ccncn2)C[C@H]1COC1CCC(c2ccccc2)CC1. The second-order valence-electron chi connectivity index (χ2n) is 8.78. The van der Waals surface area contributed by atoms with E-state index in [0.29, 0.717) is 19.1 Å². The van der Waals surface area contributed by atoms with Gasteiger partial charge >= 0.3 is 0 Å². The Morgan fingerprint density at radius 1 is 1.10 bits per heavy atom. The Morgan fingerprint density at radius 2 is 1.87 bits per heavy atom. The number of hydrogen-bond donors (Lipinski definition) is 1. The van der Waals surface area contributed by atoms with Crippen molar-refractivity contribution < 1.29 is 13.2 Å². The average molecular weight is 445 g/mol. The number of piperidine rings is 1. The molecule has 2 fully saturated rings. The van der Waals surface area contributed by atoms with Crippen molar-refractivity contribution in [2.24, 2.45) is 5.92 Å². The van der Waals surface area contributed by atoms with Gasteiger partial charge < -0.3 is 9.64 Å². The predicted octanol–water partition coefficient (Wildman–Crippen LogP) is 2.96. The number of nitrogens with zero attached hydrogens (tertiary/aromatic N) is 3. The van der Waals surface area contributed by atoms with E-state index in [4.69, 9.17) is 4.74 Å². The Kier molecular flexibility index (Phi) is 7.20. The Labute approximate surface area is 185 Å². The standard InChI is InChI=1S/C23H32N4O3S/c1-31(28,29)26-22-12-14-27(23-11-13-24-17-25-23)15-20(22)16-30-21-9-7-19(8-10-21)18-5-3-2-4-6-18/h2-6,11,13,17,19-22,26H,7-10,12,14-16H2,1H3/t19?,20-,21?,22-/m0/s1. The first-order valence-corrected chi connectivity index (χ1v) is 13.0. The van der Waals surface area contributed by atoms with E-state index in [1.54, 1.807) is 12.5 Å². The lowest BCUT2D eigenvalue weighted by atomic mass is 9.82. The number of ether oxygens (including phenoxy) is 1. The lowest BCUT2D eigenvalue weighted by Crippen LogP contribution is -2.52. The van der Waals surface area contributed by atoms with Crippen LogP contribution in [0.5, 0.6) is 0 Å². The summed E-state index contributed by atoms with van der Waals surface area (Å²) in [5.41, 5.74) is 1.42. The zero-order valence-electron chi connectivity index (χ0n) is 18.1. The van der Waals surface area contributed by atoms with Gasteiger partial charge in [0.15, 0.2) is 0 Å². The van der Waals surface area contributed by atoms with Crippen molar-refractivity contribution in [3.8, 4) is 0 Å². The van der Waals surface area contributed by atoms with E-state index in [9.17, 15) is 8.42 Å². The van der Waals surface area contributed by atoms with E-state index in [1.807, 2.05) is 6.07 Å². The fourth-order valence-corrected chi connectivity index (χ4v) is 5.72. The van der Waals surface area contributed by atoms with Crippen molar-refractivity contribution in [2.45, 2.75) is 50.2 Å². The number of rotatable bonds is 7. The minimum absolute atomic E-state index is 0.0743. The van der Waals surface area contributed by atoms with Gasteiger partial charge in [-0.3, -0.25) is 0 Å². The molecule has 0 unspecified atom stereocenters. The first-order chi connectivity index (χ1) is 15.0. The third-order valence-corrected chi connectivity index (χ3v) is 7.21. The topological polar surface area (TPSA) is 84.4 Å². The Hall–Kier alpha value is -2.03. The molecule has 1 saturated carbocycles. The molecule has 1 N–H and O–H groups in total. The highest BCUT2D eigenvalue weighted by atomic mass is 32.2. The first kappa shape index (κ1) is 22.2. The van der Waals surface area contributed by atoms with Crippen LogP contribution in [0.2, 0.25) is 0 Å². The summed E-state index contributed by atoms with van der Waals surface area (Å²) >= 11 is 0. The highest BCUT2D eigenvalue weighted by molar-refractivity contribution is 7.88. The number of anilines is 1. The Morgan fingerprint density at radius 3 is 2.55 bits per heavy atom. The summed E-state index contributed by atoms with van der Waals surface area (Å²) in [4.78, 5) is 10.5. The lowest BCUT2D eigenvalue weighted by Gasteiger charge is -2.40. The zero-order chi connectivity index (χ0) is 21.7. The molecule has 4 rings (SSSR count). The molecule has 1 saturated heterocycles. The molecule has 0 amide bonds. The molecule has 7 nitrogen and oxygen atoms in total. The van der Waals surface area contributed by atoms with Gasteiger partial charge in [0.05, 0.1) is 19.0 Å². The second kappa shape index (κ2) is 10.1. The quantitative estimate of drug-likeness (QED) is 0.707. The normalized spacial score (nSPS) is 27.2. The summed E-state index contributed by atoms with van der Waals surface area (Å²) in [7, 11) is -3.27. The molecular weight excluding hydrogens is 412 g/mol. The lowest BCUT2D eigenvalue weighted by molar-refractivity contribution is -0.00213. The molecule has 8 heteroatoms. The molecule has 0 spiro atoms. The van der Waals surface area contributed by atoms with Gasteiger partial charge in [-0.05, 0) is 49.7 Å². The monoisotopic (exact) mass is 444 g/mol. The summed E-state index contributed by atoms with van der Waals surface area (Å²) in [6, 6.07) is 12.5. The van der Waals surface area contributed by atoms with Crippen LogP contribution in [-0.4, -0.2) is 56.5 Å². The molecule has 1 aliphatic carbocycles. The minimum Gasteiger partial charge on any atom is -0.378 e. The van der Waals surface area contributed by atoms with Gasteiger partial charge in [-0.25, -0.2) is 23.1 Å². The van der Waals surface area contributed by atoms with Crippen LogP contribution < -0.4 is 9.62 Å². The highest BCUT2D eigenvalue weighted by Gasteiger charge is 2.33. The number of benzene rings is 1. The maximum absolute atomic E-state index is 11.9. The minimum atomic E-state index is -3.27. The fraction of sp³-hybridized carbons (Fsp3) is 0.565. The molecule has 2 aliphatic rings. The van der Waals surface area contributed by atoms with E-state index in [-0.39, 0.29) is 18.1 Å². The Balaban J connectivity index is 1.34. The van der Waals surface area contributed by atoms with Crippen molar-refractivity contribution >= 4 is 15.8 Å². The molecule has 0 bridgehead atoms. The van der Waals surface area contributed by atoms with E-state index >= 15 is 0 Å². The van der Waals surface area contributed by atoms with Gasteiger partial charge in [0, 0.05) is 31.2 Å². The van der Waals surface area contributed by atoms with Crippen LogP contribution in [0.1, 0.15) is 43.6 Å². The summed E-state index contributed by atoms with van der Waals surface area (Å²) in [6.45, 7) is 2.02. The van der Waals surface area contributed by atoms with Crippen LogP contribution in [0.25, 0.3) is 0 Å². The molecule has 2 aromatic rings. The predicted molar refractivity (Wildman–Crippen MR) is 122 cm³/mol. The smallest absolute Gasteiger partial charge is 0.208 e. The van der Waals surface area contributed by atoms with E-state index < -0.39 is 10.0 Å². The molecule has 0 radical (unpaired) electrons. The summed E-state index contributed by atoms with van der Waals surface area (Å²) < 4.78 is 32.9. The van der Waals surface area contributed by atoms with Crippen LogP contribution in [0.15, 0.2) is 48.9 Å². The van der Waals surface area contributed by atoms with Gasteiger partial charge in [-0.15, -0.1) is 0 Å². The van der Waals surface area contributed by atoms with Crippen LogP contribution in [-0.2, 0) is 14.8 Å². The maximum Gasteiger partial charge on any atom is 0.208 e. The molecule has 1 aliphatic heterocycles. The second-order valence-corrected chi connectivity index (χ2v) is 10.6. The largest absolute Gasteiger partial charge is 0.378 e. The van der Waals surface area contributed by atoms with Crippen molar-refractivity contribution in [3.05, 3.63) is 54.5 Å². The molecule has 2 atom stereocenters. The fourth-order valence-electron chi connectivity index (χ4n) is 4.86. The third-order valence-electron chi connectivity index (χ3n) is 6.48. The van der Waals surface area contributed by atoms with Gasteiger partial charge in [-0.2, -0.15) is 0 Å². The van der Waals surface area contributed by atoms with Gasteiger partial charge in [0.25, 0.3) is 0 Å². The number of aromatic nitrogens is 2. The molecular formula is C23H32N4O3S. The van der Waals surface area contributed by atoms with Crippen molar-refractivity contribution in [2.75, 3.05) is 30.9 Å². The van der Waals surface area contributed by atoms with Gasteiger partial charge in [0.1, 0.15) is 12.1 Å². The van der Waals surface area contributed by atoms with Gasteiger partial charge in [-0.1, -0.05) is 30.3 Å². The molecule has 1 aromatic heterocycles. The van der Waals surface area contributed by atoms with Crippen LogP contribution in [0.3, 0.4) is 0 Å². The summed E-state index contributed by atoms with van der Waals surface area (Å²) in [6.07, 6.45) is 9.85. The molecule has 1 aromatic carbocycles. The zero-order valence-corrected chi connectivity index (χ0v) is 18.9. The van der Waals surface area contributed by atoms with Gasteiger partial charge in [0.2, 0.25) is 10.0 Å².